The van der Waals surface area contributed by atoms with Crippen LogP contribution in [0, 0.1) is 0 Å². The summed E-state index contributed by atoms with van der Waals surface area (Å²) in [5, 5.41) is 14.3. The van der Waals surface area contributed by atoms with Crippen molar-refractivity contribution in [2.75, 3.05) is 30.6 Å². The molecule has 1 aromatic rings. The van der Waals surface area contributed by atoms with Gasteiger partial charge in [0.1, 0.15) is 11.6 Å². The molecule has 3 fully saturated rings. The summed E-state index contributed by atoms with van der Waals surface area (Å²) in [5.74, 6) is -0.121. The minimum Gasteiger partial charge on any atom is -0.390 e. The Morgan fingerprint density at radius 2 is 1.66 bits per heavy atom. The Bertz CT molecular complexity index is 1070. The van der Waals surface area contributed by atoms with E-state index in [0.29, 0.717) is 64.0 Å². The molecule has 3 N–H and O–H groups in total. The van der Waals surface area contributed by atoms with Gasteiger partial charge >= 0.3 is 0 Å². The molecule has 1 spiro atoms. The van der Waals surface area contributed by atoms with Crippen LogP contribution in [-0.2, 0) is 26.2 Å². The molecular weight excluding hydrogens is 504 g/mol. The number of unbranched alkanes of at least 4 members (excludes halogenated alkanes) is 1. The van der Waals surface area contributed by atoms with E-state index in [0.717, 1.165) is 50.3 Å². The normalized spacial score (nSPS) is 24.2. The zero-order chi connectivity index (χ0) is 27.4. The van der Waals surface area contributed by atoms with E-state index in [4.69, 9.17) is 0 Å². The van der Waals surface area contributed by atoms with Crippen LogP contribution in [0.15, 0.2) is 24.3 Å². The van der Waals surface area contributed by atoms with Gasteiger partial charge in [0.2, 0.25) is 21.8 Å². The molecule has 1 aromatic carbocycles. The molecule has 2 aliphatic heterocycles. The number of anilines is 1. The third-order valence-corrected chi connectivity index (χ3v) is 9.12. The number of nitrogens with zero attached hydrogens (tertiary/aromatic N) is 2. The highest BCUT2D eigenvalue weighted by Gasteiger charge is 2.54. The van der Waals surface area contributed by atoms with Crippen LogP contribution in [0.4, 0.5) is 5.69 Å². The van der Waals surface area contributed by atoms with Crippen LogP contribution < -0.4 is 10.0 Å². The molecule has 4 rings (SSSR count). The highest BCUT2D eigenvalue weighted by molar-refractivity contribution is 7.92. The van der Waals surface area contributed by atoms with Gasteiger partial charge in [-0.25, -0.2) is 8.42 Å². The first kappa shape index (κ1) is 28.8. The van der Waals surface area contributed by atoms with Crippen LogP contribution in [-0.4, -0.2) is 78.2 Å². The number of amides is 2. The van der Waals surface area contributed by atoms with Crippen LogP contribution >= 0.6 is 0 Å². The molecule has 2 amide bonds. The molecule has 0 unspecified atom stereocenters. The number of hydrogen-bond donors (Lipinski definition) is 3. The van der Waals surface area contributed by atoms with Crippen molar-refractivity contribution in [1.82, 2.24) is 15.1 Å². The minimum atomic E-state index is -3.32. The Labute approximate surface area is 227 Å². The molecule has 212 valence electrons. The summed E-state index contributed by atoms with van der Waals surface area (Å²) >= 11 is 0. The Morgan fingerprint density at radius 1 is 1.03 bits per heavy atom. The molecule has 9 nitrogen and oxygen atoms in total. The number of sulfonamides is 1. The summed E-state index contributed by atoms with van der Waals surface area (Å²) in [7, 11) is -3.32. The summed E-state index contributed by atoms with van der Waals surface area (Å²) in [6.45, 7) is 4.71. The third-order valence-electron chi connectivity index (χ3n) is 8.51. The van der Waals surface area contributed by atoms with Crippen LogP contribution in [0.3, 0.4) is 0 Å². The quantitative estimate of drug-likeness (QED) is 0.408. The average Bonchev–Trinajstić information content (AvgIpc) is 3.08. The first-order valence-corrected chi connectivity index (χ1v) is 16.1. The lowest BCUT2D eigenvalue weighted by molar-refractivity contribution is -0.163. The Morgan fingerprint density at radius 3 is 2.24 bits per heavy atom. The molecule has 1 atom stereocenters. The van der Waals surface area contributed by atoms with Crippen molar-refractivity contribution in [1.29, 1.82) is 0 Å². The van der Waals surface area contributed by atoms with E-state index in [1.165, 1.54) is 0 Å². The predicted molar refractivity (Wildman–Crippen MR) is 148 cm³/mol. The van der Waals surface area contributed by atoms with Crippen molar-refractivity contribution < 1.29 is 23.1 Å². The van der Waals surface area contributed by atoms with Gasteiger partial charge in [0.05, 0.1) is 11.9 Å². The van der Waals surface area contributed by atoms with E-state index in [-0.39, 0.29) is 11.8 Å². The Balaban J connectivity index is 1.42. The molecule has 38 heavy (non-hydrogen) atoms. The number of benzene rings is 1. The van der Waals surface area contributed by atoms with E-state index < -0.39 is 27.2 Å². The lowest BCUT2D eigenvalue weighted by atomic mass is 9.79. The maximum absolute atomic E-state index is 13.8. The zero-order valence-electron chi connectivity index (χ0n) is 22.9. The number of likely N-dealkylation sites (tertiary alicyclic amines) is 1. The number of piperidine rings is 1. The smallest absolute Gasteiger partial charge is 0.246 e. The first-order valence-electron chi connectivity index (χ1n) is 14.2. The molecule has 0 aromatic heterocycles. The second-order valence-electron chi connectivity index (χ2n) is 11.6. The number of carbonyl (C=O) groups excluding carboxylic acids is 2. The van der Waals surface area contributed by atoms with Crippen molar-refractivity contribution >= 4 is 27.5 Å². The molecular formula is C28H44N4O5S. The fourth-order valence-corrected chi connectivity index (χ4v) is 6.92. The third kappa shape index (κ3) is 6.87. The predicted octanol–water partition coefficient (Wildman–Crippen LogP) is 3.00. The van der Waals surface area contributed by atoms with Gasteiger partial charge in [-0.1, -0.05) is 51.2 Å². The number of nitrogens with one attached hydrogen (secondary N) is 2. The zero-order valence-corrected chi connectivity index (χ0v) is 23.7. The highest BCUT2D eigenvalue weighted by atomic mass is 32.2. The average molecular weight is 549 g/mol. The first-order chi connectivity index (χ1) is 18.0. The molecule has 3 aliphatic rings. The van der Waals surface area contributed by atoms with Gasteiger partial charge in [-0.05, 0) is 49.8 Å². The minimum absolute atomic E-state index is 0.0434. The topological polar surface area (TPSA) is 119 Å². The largest absolute Gasteiger partial charge is 0.390 e. The van der Waals surface area contributed by atoms with Crippen LogP contribution in [0.5, 0.6) is 0 Å². The summed E-state index contributed by atoms with van der Waals surface area (Å²) < 4.78 is 25.4. The summed E-state index contributed by atoms with van der Waals surface area (Å²) in [4.78, 5) is 31.6. The monoisotopic (exact) mass is 548 g/mol. The SMILES string of the molecule is CCCCN1C(=O)[C@@H](CC2(O)CCCCCC2)NC(=O)C12CCN(Cc1ccc(NS(C)(=O)=O)cc1)CC2. The van der Waals surface area contributed by atoms with Gasteiger partial charge in [0, 0.05) is 38.3 Å². The van der Waals surface area contributed by atoms with Gasteiger partial charge in [-0.3, -0.25) is 19.2 Å². The Hall–Kier alpha value is -2.17. The van der Waals surface area contributed by atoms with Gasteiger partial charge in [-0.2, -0.15) is 0 Å². The second-order valence-corrected chi connectivity index (χ2v) is 13.3. The van der Waals surface area contributed by atoms with Gasteiger partial charge in [0.15, 0.2) is 0 Å². The van der Waals surface area contributed by atoms with E-state index in [2.05, 4.69) is 21.9 Å². The van der Waals surface area contributed by atoms with Crippen molar-refractivity contribution in [3.63, 3.8) is 0 Å². The lowest BCUT2D eigenvalue weighted by Crippen LogP contribution is -2.73. The molecule has 0 bridgehead atoms. The number of piperazine rings is 1. The van der Waals surface area contributed by atoms with E-state index in [1.54, 1.807) is 12.1 Å². The van der Waals surface area contributed by atoms with Crippen LogP contribution in [0.2, 0.25) is 0 Å². The number of rotatable bonds is 9. The van der Waals surface area contributed by atoms with Crippen molar-refractivity contribution in [2.24, 2.45) is 0 Å². The van der Waals surface area contributed by atoms with Crippen LogP contribution in [0.25, 0.3) is 0 Å². The number of carbonyl (C=O) groups is 2. The van der Waals surface area contributed by atoms with E-state index in [9.17, 15) is 23.1 Å². The molecule has 0 radical (unpaired) electrons. The molecule has 10 heteroatoms. The number of aliphatic hydroxyl groups is 1. The standard InChI is InChI=1S/C28H44N4O5S/c1-3-4-17-32-25(33)24(20-27(35)13-7-5-6-8-14-27)29-26(34)28(32)15-18-31(19-16-28)21-22-9-11-23(12-10-22)30-38(2,36)37/h9-12,24,30,35H,3-8,13-21H2,1-2H3,(H,29,34)/t24-/m1/s1. The second kappa shape index (κ2) is 11.9. The van der Waals surface area contributed by atoms with Crippen LogP contribution in [0.1, 0.15) is 83.1 Å². The fourth-order valence-electron chi connectivity index (χ4n) is 6.35. The van der Waals surface area contributed by atoms with Gasteiger partial charge < -0.3 is 15.3 Å². The maximum Gasteiger partial charge on any atom is 0.246 e. The van der Waals surface area contributed by atoms with Crippen molar-refractivity contribution in [3.05, 3.63) is 29.8 Å². The molecule has 2 saturated heterocycles. The van der Waals surface area contributed by atoms with Crippen molar-refractivity contribution in [3.8, 4) is 0 Å². The summed E-state index contributed by atoms with van der Waals surface area (Å²) in [6.07, 6.45) is 9.85. The highest BCUT2D eigenvalue weighted by Crippen LogP contribution is 2.37. The fraction of sp³-hybridized carbons (Fsp3) is 0.714. The molecule has 2 heterocycles. The Kier molecular flexibility index (Phi) is 9.04. The van der Waals surface area contributed by atoms with Gasteiger partial charge in [0.25, 0.3) is 0 Å². The number of hydrogen-bond acceptors (Lipinski definition) is 6. The van der Waals surface area contributed by atoms with Crippen molar-refractivity contribution in [2.45, 2.75) is 101 Å². The molecule has 1 saturated carbocycles. The molecule has 1 aliphatic carbocycles. The lowest BCUT2D eigenvalue weighted by Gasteiger charge is -2.52. The van der Waals surface area contributed by atoms with E-state index >= 15 is 0 Å². The maximum atomic E-state index is 13.8. The van der Waals surface area contributed by atoms with Gasteiger partial charge in [-0.15, -0.1) is 0 Å². The summed E-state index contributed by atoms with van der Waals surface area (Å²) in [6, 6.07) is 6.66. The van der Waals surface area contributed by atoms with E-state index in [1.807, 2.05) is 17.0 Å². The summed E-state index contributed by atoms with van der Waals surface area (Å²) in [5.41, 5.74) is -0.139.